The predicted octanol–water partition coefficient (Wildman–Crippen LogP) is 2.09. The molecular weight excluding hydrogens is 153 g/mol. The van der Waals surface area contributed by atoms with Gasteiger partial charge in [-0.25, -0.2) is 4.99 Å². The highest BCUT2D eigenvalue weighted by Crippen LogP contribution is 2.32. The first kappa shape index (κ1) is 10.9. The van der Waals surface area contributed by atoms with E-state index in [9.17, 15) is 0 Å². The fourth-order valence-electron chi connectivity index (χ4n) is 1.46. The molecule has 0 fully saturated rings. The van der Waals surface area contributed by atoms with Crippen LogP contribution >= 0.6 is 12.2 Å². The highest BCUT2D eigenvalue weighted by molar-refractivity contribution is 7.78. The summed E-state index contributed by atoms with van der Waals surface area (Å²) in [6.07, 6.45) is 1.03. The Morgan fingerprint density at radius 2 is 1.82 bits per heavy atom. The van der Waals surface area contributed by atoms with Crippen molar-refractivity contribution < 1.29 is 0 Å². The summed E-state index contributed by atoms with van der Waals surface area (Å²) >= 11 is 4.57. The first-order valence-corrected chi connectivity index (χ1v) is 4.27. The molecule has 0 aliphatic rings. The molecule has 0 bridgehead atoms. The van der Waals surface area contributed by atoms with Gasteiger partial charge in [0, 0.05) is 0 Å². The van der Waals surface area contributed by atoms with Crippen molar-refractivity contribution in [3.63, 3.8) is 0 Å². The van der Waals surface area contributed by atoms with Gasteiger partial charge in [0.25, 0.3) is 0 Å². The summed E-state index contributed by atoms with van der Waals surface area (Å²) in [5, 5.41) is 2.74. The molecule has 3 heteroatoms. The lowest BCUT2D eigenvalue weighted by Gasteiger charge is -2.27. The van der Waals surface area contributed by atoms with E-state index in [0.29, 0.717) is 5.31 Å². The molecular formula is C8H16BNS. The summed E-state index contributed by atoms with van der Waals surface area (Å²) < 4.78 is 0. The molecule has 0 aliphatic heterocycles. The Bertz CT molecular complexity index is 175. The highest BCUT2D eigenvalue weighted by atomic mass is 32.1. The van der Waals surface area contributed by atoms with E-state index in [4.69, 9.17) is 0 Å². The normalized spacial score (nSPS) is 12.4. The molecule has 0 atom stereocenters. The minimum atomic E-state index is -0.0556. The Labute approximate surface area is 75.7 Å². The van der Waals surface area contributed by atoms with Crippen LogP contribution in [0, 0.1) is 0 Å². The Balaban J connectivity index is 4.24. The number of thiocarbonyl (C=S) groups is 1. The molecule has 0 amide bonds. The standard InChI is InChI=1S/C8H16BNS/c1-7(2,9)5-8(3,4)10-6-11/h5,9H2,1-4H3. The van der Waals surface area contributed by atoms with Crippen LogP contribution in [-0.4, -0.2) is 18.5 Å². The number of hydrogen-bond donors (Lipinski definition) is 0. The van der Waals surface area contributed by atoms with Gasteiger partial charge in [-0.2, -0.15) is 0 Å². The smallest absolute Gasteiger partial charge is 0.108 e. The zero-order valence-electron chi connectivity index (χ0n) is 8.06. The van der Waals surface area contributed by atoms with E-state index < -0.39 is 0 Å². The zero-order valence-corrected chi connectivity index (χ0v) is 8.88. The van der Waals surface area contributed by atoms with Gasteiger partial charge < -0.3 is 0 Å². The van der Waals surface area contributed by atoms with E-state index in [-0.39, 0.29) is 5.54 Å². The molecule has 0 radical (unpaired) electrons. The van der Waals surface area contributed by atoms with E-state index in [1.54, 1.807) is 0 Å². The zero-order chi connectivity index (χ0) is 9.12. The average molecular weight is 169 g/mol. The second-order valence-corrected chi connectivity index (χ2v) is 4.94. The Morgan fingerprint density at radius 1 is 1.36 bits per heavy atom. The predicted molar refractivity (Wildman–Crippen MR) is 56.3 cm³/mol. The van der Waals surface area contributed by atoms with E-state index in [1.807, 2.05) is 0 Å². The second kappa shape index (κ2) is 3.51. The maximum absolute atomic E-state index is 4.57. The summed E-state index contributed by atoms with van der Waals surface area (Å²) in [6, 6.07) is 0. The molecule has 0 aromatic rings. The van der Waals surface area contributed by atoms with Crippen LogP contribution in [0.5, 0.6) is 0 Å². The van der Waals surface area contributed by atoms with Crippen molar-refractivity contribution in [3.05, 3.63) is 0 Å². The molecule has 11 heavy (non-hydrogen) atoms. The molecule has 0 unspecified atom stereocenters. The van der Waals surface area contributed by atoms with Gasteiger partial charge in [-0.1, -0.05) is 19.2 Å². The van der Waals surface area contributed by atoms with Crippen molar-refractivity contribution in [1.82, 2.24) is 0 Å². The summed E-state index contributed by atoms with van der Waals surface area (Å²) in [4.78, 5) is 4.11. The second-order valence-electron chi connectivity index (χ2n) is 4.75. The summed E-state index contributed by atoms with van der Waals surface area (Å²) in [5.74, 6) is 0. The topological polar surface area (TPSA) is 12.4 Å². The van der Waals surface area contributed by atoms with E-state index in [1.165, 1.54) is 0 Å². The molecule has 62 valence electrons. The molecule has 0 saturated carbocycles. The van der Waals surface area contributed by atoms with Gasteiger partial charge in [0.2, 0.25) is 0 Å². The average Bonchev–Trinajstić information content (AvgIpc) is 1.55. The monoisotopic (exact) mass is 169 g/mol. The molecule has 0 aliphatic carbocycles. The van der Waals surface area contributed by atoms with Crippen molar-refractivity contribution in [2.75, 3.05) is 0 Å². The third kappa shape index (κ3) is 6.27. The third-order valence-corrected chi connectivity index (χ3v) is 1.40. The Morgan fingerprint density at radius 3 is 2.09 bits per heavy atom. The summed E-state index contributed by atoms with van der Waals surface area (Å²) in [6.45, 7) is 8.57. The number of nitrogens with zero attached hydrogens (tertiary/aromatic N) is 1. The molecule has 0 saturated heterocycles. The van der Waals surface area contributed by atoms with Gasteiger partial charge in [-0.05, 0) is 32.5 Å². The van der Waals surface area contributed by atoms with E-state index in [2.05, 4.69) is 57.9 Å². The minimum absolute atomic E-state index is 0.0556. The van der Waals surface area contributed by atoms with Crippen LogP contribution in [0.1, 0.15) is 34.1 Å². The lowest BCUT2D eigenvalue weighted by atomic mass is 9.66. The molecule has 0 N–H and O–H groups in total. The first-order chi connectivity index (χ1) is 4.77. The van der Waals surface area contributed by atoms with Gasteiger partial charge in [-0.15, -0.1) is 0 Å². The fourth-order valence-corrected chi connectivity index (χ4v) is 1.71. The Hall–Kier alpha value is -0.135. The lowest BCUT2D eigenvalue weighted by Crippen LogP contribution is -2.22. The van der Waals surface area contributed by atoms with Gasteiger partial charge in [0.05, 0.1) is 10.7 Å². The first-order valence-electron chi connectivity index (χ1n) is 3.86. The fraction of sp³-hybridized carbons (Fsp3) is 0.875. The van der Waals surface area contributed by atoms with Crippen LogP contribution in [0.3, 0.4) is 0 Å². The molecule has 0 rings (SSSR count). The van der Waals surface area contributed by atoms with Gasteiger partial charge in [0.1, 0.15) is 7.85 Å². The van der Waals surface area contributed by atoms with Crippen molar-refractivity contribution in [3.8, 4) is 0 Å². The van der Waals surface area contributed by atoms with Crippen LogP contribution in [0.4, 0.5) is 0 Å². The van der Waals surface area contributed by atoms with Crippen molar-refractivity contribution in [1.29, 1.82) is 0 Å². The van der Waals surface area contributed by atoms with Crippen molar-refractivity contribution in [2.24, 2.45) is 4.99 Å². The molecule has 0 spiro atoms. The maximum Gasteiger partial charge on any atom is 0.108 e. The van der Waals surface area contributed by atoms with Crippen molar-refractivity contribution in [2.45, 2.75) is 45.0 Å². The van der Waals surface area contributed by atoms with Gasteiger partial charge in [0.15, 0.2) is 0 Å². The molecule has 1 nitrogen and oxygen atoms in total. The minimum Gasteiger partial charge on any atom is -0.226 e. The van der Waals surface area contributed by atoms with Crippen LogP contribution < -0.4 is 0 Å². The van der Waals surface area contributed by atoms with Gasteiger partial charge in [-0.3, -0.25) is 0 Å². The van der Waals surface area contributed by atoms with Crippen LogP contribution in [0.25, 0.3) is 0 Å². The molecule has 0 aromatic heterocycles. The number of isothiocyanates is 1. The number of aliphatic imine (C=N–C) groups is 1. The van der Waals surface area contributed by atoms with Gasteiger partial charge >= 0.3 is 0 Å². The molecule has 0 aromatic carbocycles. The van der Waals surface area contributed by atoms with Crippen LogP contribution in [0.2, 0.25) is 5.31 Å². The van der Waals surface area contributed by atoms with Crippen LogP contribution in [0.15, 0.2) is 4.99 Å². The van der Waals surface area contributed by atoms with E-state index >= 15 is 0 Å². The third-order valence-electron chi connectivity index (χ3n) is 1.31. The number of rotatable bonds is 3. The summed E-state index contributed by atoms with van der Waals surface area (Å²) in [7, 11) is 2.20. The highest BCUT2D eigenvalue weighted by Gasteiger charge is 2.24. The van der Waals surface area contributed by atoms with Crippen LogP contribution in [-0.2, 0) is 0 Å². The lowest BCUT2D eigenvalue weighted by molar-refractivity contribution is 0.418. The summed E-state index contributed by atoms with van der Waals surface area (Å²) in [5.41, 5.74) is -0.0556. The Kier molecular flexibility index (Phi) is 3.47. The van der Waals surface area contributed by atoms with Crippen molar-refractivity contribution >= 4 is 25.2 Å². The SMILES string of the molecule is BC(C)(C)CC(C)(C)N=C=S. The number of hydrogen-bond acceptors (Lipinski definition) is 2. The van der Waals surface area contributed by atoms with E-state index in [0.717, 1.165) is 6.42 Å². The maximum atomic E-state index is 4.57. The molecule has 0 heterocycles. The quantitative estimate of drug-likeness (QED) is 0.358. The largest absolute Gasteiger partial charge is 0.226 e.